The zero-order chi connectivity index (χ0) is 13.8. The minimum Gasteiger partial charge on any atom is -0.382 e. The SMILES string of the molecule is CCc1nc2ccc(N/N=C(\C#N)C(=N)N)cc2[nH]1. The van der Waals surface area contributed by atoms with Crippen LogP contribution in [0.1, 0.15) is 12.7 Å². The average Bonchev–Trinajstić information content (AvgIpc) is 2.81. The minimum absolute atomic E-state index is 0.154. The van der Waals surface area contributed by atoms with Gasteiger partial charge in [-0.3, -0.25) is 10.8 Å². The van der Waals surface area contributed by atoms with Crippen LogP contribution in [-0.4, -0.2) is 21.5 Å². The molecule has 2 rings (SSSR count). The number of nitrogens with one attached hydrogen (secondary N) is 3. The van der Waals surface area contributed by atoms with E-state index in [1.54, 1.807) is 12.1 Å². The number of aryl methyl sites for hydroxylation is 1. The number of aromatic amines is 1. The van der Waals surface area contributed by atoms with Gasteiger partial charge in [-0.1, -0.05) is 6.92 Å². The number of aromatic nitrogens is 2. The Kier molecular flexibility index (Phi) is 3.43. The lowest BCUT2D eigenvalue weighted by atomic mass is 10.3. The molecule has 7 nitrogen and oxygen atoms in total. The molecule has 1 aromatic heterocycles. The highest BCUT2D eigenvalue weighted by atomic mass is 15.3. The molecule has 0 aliphatic rings. The van der Waals surface area contributed by atoms with Crippen LogP contribution in [0.3, 0.4) is 0 Å². The van der Waals surface area contributed by atoms with Gasteiger partial charge in [-0.25, -0.2) is 4.98 Å². The van der Waals surface area contributed by atoms with Crippen LogP contribution >= 0.6 is 0 Å². The lowest BCUT2D eigenvalue weighted by Gasteiger charge is -2.00. The van der Waals surface area contributed by atoms with Crippen molar-refractivity contribution in [3.8, 4) is 6.07 Å². The number of H-pyrrole nitrogens is 1. The second-order valence-corrected chi connectivity index (χ2v) is 3.87. The van der Waals surface area contributed by atoms with Crippen LogP contribution in [0.15, 0.2) is 23.3 Å². The third kappa shape index (κ3) is 2.69. The number of benzene rings is 1. The fourth-order valence-corrected chi connectivity index (χ4v) is 1.57. The number of hydrazone groups is 1. The zero-order valence-corrected chi connectivity index (χ0v) is 10.4. The molecular weight excluding hydrogens is 242 g/mol. The first-order valence-corrected chi connectivity index (χ1v) is 5.71. The summed E-state index contributed by atoms with van der Waals surface area (Å²) in [7, 11) is 0. The van der Waals surface area contributed by atoms with Gasteiger partial charge in [0.25, 0.3) is 0 Å². The summed E-state index contributed by atoms with van der Waals surface area (Å²) in [6, 6.07) is 7.22. The highest BCUT2D eigenvalue weighted by molar-refractivity contribution is 6.45. The Hall–Kier alpha value is -2.88. The van der Waals surface area contributed by atoms with Crippen LogP contribution < -0.4 is 11.2 Å². The summed E-state index contributed by atoms with van der Waals surface area (Å²) in [4.78, 5) is 7.56. The molecule has 0 radical (unpaired) electrons. The van der Waals surface area contributed by atoms with Gasteiger partial charge in [0.15, 0.2) is 5.84 Å². The first kappa shape index (κ1) is 12.6. The monoisotopic (exact) mass is 255 g/mol. The molecule has 1 heterocycles. The molecule has 0 amide bonds. The number of rotatable bonds is 4. The van der Waals surface area contributed by atoms with Gasteiger partial charge in [-0.05, 0) is 18.2 Å². The van der Waals surface area contributed by atoms with E-state index in [-0.39, 0.29) is 11.5 Å². The largest absolute Gasteiger partial charge is 0.382 e. The van der Waals surface area contributed by atoms with E-state index >= 15 is 0 Å². The average molecular weight is 255 g/mol. The number of amidine groups is 1. The predicted molar refractivity (Wildman–Crippen MR) is 74.1 cm³/mol. The van der Waals surface area contributed by atoms with Crippen molar-refractivity contribution in [1.82, 2.24) is 9.97 Å². The smallest absolute Gasteiger partial charge is 0.201 e. The summed E-state index contributed by atoms with van der Waals surface area (Å²) in [6.07, 6.45) is 0.832. The van der Waals surface area contributed by atoms with Crippen molar-refractivity contribution in [2.75, 3.05) is 5.43 Å². The maximum absolute atomic E-state index is 8.72. The van der Waals surface area contributed by atoms with Crippen molar-refractivity contribution in [3.05, 3.63) is 24.0 Å². The molecular formula is C12H13N7. The van der Waals surface area contributed by atoms with Crippen molar-refractivity contribution >= 4 is 28.3 Å². The standard InChI is InChI=1S/C12H13N7/c1-2-11-16-8-4-3-7(5-9(8)17-11)18-19-10(6-13)12(14)15/h3-5,18H,2H2,1H3,(H3,14,15)(H,16,17)/b19-10+. The molecule has 0 bridgehead atoms. The molecule has 2 aromatic rings. The quantitative estimate of drug-likeness (QED) is 0.373. The third-order valence-electron chi connectivity index (χ3n) is 2.52. The highest BCUT2D eigenvalue weighted by Gasteiger charge is 2.03. The summed E-state index contributed by atoms with van der Waals surface area (Å²) in [5, 5.41) is 19.6. The number of fused-ring (bicyclic) bond motifs is 1. The minimum atomic E-state index is -0.370. The van der Waals surface area contributed by atoms with Crippen molar-refractivity contribution in [2.24, 2.45) is 10.8 Å². The predicted octanol–water partition coefficient (Wildman–Crippen LogP) is 1.35. The van der Waals surface area contributed by atoms with Gasteiger partial charge in [-0.2, -0.15) is 10.4 Å². The molecule has 19 heavy (non-hydrogen) atoms. The molecule has 0 fully saturated rings. The van der Waals surface area contributed by atoms with Crippen LogP contribution in [0.25, 0.3) is 11.0 Å². The fraction of sp³-hybridized carbons (Fsp3) is 0.167. The lowest BCUT2D eigenvalue weighted by molar-refractivity contribution is 1.00. The topological polar surface area (TPSA) is 127 Å². The number of hydrogen-bond acceptors (Lipinski definition) is 5. The number of nitrogens with zero attached hydrogens (tertiary/aromatic N) is 3. The van der Waals surface area contributed by atoms with Gasteiger partial charge in [-0.15, -0.1) is 0 Å². The van der Waals surface area contributed by atoms with Gasteiger partial charge in [0, 0.05) is 6.42 Å². The van der Waals surface area contributed by atoms with E-state index in [1.807, 2.05) is 19.1 Å². The summed E-state index contributed by atoms with van der Waals surface area (Å²) in [5.41, 5.74) is 10.2. The van der Waals surface area contributed by atoms with Gasteiger partial charge in [0.1, 0.15) is 11.9 Å². The Balaban J connectivity index is 2.27. The van der Waals surface area contributed by atoms with Gasteiger partial charge in [0.2, 0.25) is 5.71 Å². The molecule has 5 N–H and O–H groups in total. The Morgan fingerprint density at radius 3 is 3.05 bits per heavy atom. The molecule has 0 saturated heterocycles. The van der Waals surface area contributed by atoms with Gasteiger partial charge in [0.05, 0.1) is 16.7 Å². The third-order valence-corrected chi connectivity index (χ3v) is 2.52. The second-order valence-electron chi connectivity index (χ2n) is 3.87. The van der Waals surface area contributed by atoms with E-state index < -0.39 is 0 Å². The van der Waals surface area contributed by atoms with Crippen molar-refractivity contribution < 1.29 is 0 Å². The van der Waals surface area contributed by atoms with Crippen LogP contribution in [0, 0.1) is 16.7 Å². The highest BCUT2D eigenvalue weighted by Crippen LogP contribution is 2.17. The normalized spacial score (nSPS) is 11.3. The molecule has 0 spiro atoms. The molecule has 7 heteroatoms. The number of nitriles is 1. The van der Waals surface area contributed by atoms with E-state index in [1.165, 1.54) is 0 Å². The van der Waals surface area contributed by atoms with E-state index in [4.69, 9.17) is 16.4 Å². The maximum atomic E-state index is 8.72. The summed E-state index contributed by atoms with van der Waals surface area (Å²) < 4.78 is 0. The Labute approximate surface area is 109 Å². The van der Waals surface area contributed by atoms with Crippen molar-refractivity contribution in [1.29, 1.82) is 10.7 Å². The van der Waals surface area contributed by atoms with E-state index in [2.05, 4.69) is 20.5 Å². The van der Waals surface area contributed by atoms with Crippen molar-refractivity contribution in [3.63, 3.8) is 0 Å². The van der Waals surface area contributed by atoms with Crippen LogP contribution in [0.5, 0.6) is 0 Å². The number of imidazole rings is 1. The lowest BCUT2D eigenvalue weighted by Crippen LogP contribution is -2.21. The van der Waals surface area contributed by atoms with E-state index in [0.717, 1.165) is 23.3 Å². The molecule has 0 aliphatic heterocycles. The number of hydrogen-bond donors (Lipinski definition) is 4. The number of anilines is 1. The first-order chi connectivity index (χ1) is 9.13. The number of nitrogens with two attached hydrogens (primary N) is 1. The summed E-state index contributed by atoms with van der Waals surface area (Å²) >= 11 is 0. The second kappa shape index (κ2) is 5.18. The first-order valence-electron chi connectivity index (χ1n) is 5.71. The molecule has 0 unspecified atom stereocenters. The fourth-order valence-electron chi connectivity index (χ4n) is 1.57. The van der Waals surface area contributed by atoms with Crippen LogP contribution in [-0.2, 0) is 6.42 Å². The van der Waals surface area contributed by atoms with Crippen molar-refractivity contribution in [2.45, 2.75) is 13.3 Å². The molecule has 1 aromatic carbocycles. The van der Waals surface area contributed by atoms with E-state index in [0.29, 0.717) is 5.69 Å². The Morgan fingerprint density at radius 2 is 2.42 bits per heavy atom. The Morgan fingerprint density at radius 1 is 1.63 bits per heavy atom. The van der Waals surface area contributed by atoms with Gasteiger partial charge >= 0.3 is 0 Å². The van der Waals surface area contributed by atoms with Gasteiger partial charge < -0.3 is 10.7 Å². The summed E-state index contributed by atoms with van der Waals surface area (Å²) in [5.74, 6) is 0.544. The molecule has 0 atom stereocenters. The summed E-state index contributed by atoms with van der Waals surface area (Å²) in [6.45, 7) is 2.02. The molecule has 96 valence electrons. The molecule has 0 aliphatic carbocycles. The van der Waals surface area contributed by atoms with Crippen LogP contribution in [0.4, 0.5) is 5.69 Å². The maximum Gasteiger partial charge on any atom is 0.201 e. The molecule has 0 saturated carbocycles. The zero-order valence-electron chi connectivity index (χ0n) is 10.4. The van der Waals surface area contributed by atoms with Crippen LogP contribution in [0.2, 0.25) is 0 Å². The Bertz CT molecular complexity index is 690. The van der Waals surface area contributed by atoms with E-state index in [9.17, 15) is 0 Å².